The summed E-state index contributed by atoms with van der Waals surface area (Å²) in [6.07, 6.45) is 1.14. The Balaban J connectivity index is 1.74. The zero-order chi connectivity index (χ0) is 17.9. The van der Waals surface area contributed by atoms with Crippen LogP contribution in [0.5, 0.6) is 5.75 Å². The van der Waals surface area contributed by atoms with Crippen molar-refractivity contribution >= 4 is 0 Å². The molecule has 0 aliphatic carbocycles. The first kappa shape index (κ1) is 18.0. The summed E-state index contributed by atoms with van der Waals surface area (Å²) < 4.78 is 5.58. The van der Waals surface area contributed by atoms with Gasteiger partial charge in [-0.3, -0.25) is 0 Å². The molecule has 0 radical (unpaired) electrons. The zero-order valence-corrected chi connectivity index (χ0v) is 15.8. The lowest BCUT2D eigenvalue weighted by atomic mass is 9.86. The van der Waals surface area contributed by atoms with Crippen LogP contribution in [0.4, 0.5) is 0 Å². The standard InChI is InChI=1S/C22H30N2O/c1-22(2,3)18-10-11-20(25-4)17(14-18)15-24-19-12-13-23-21(19)16-8-6-5-7-9-16/h5-11,14,19,21,23-24H,12-13,15H2,1-4H3. The fourth-order valence-corrected chi connectivity index (χ4v) is 3.56. The van der Waals surface area contributed by atoms with Crippen LogP contribution in [0.2, 0.25) is 0 Å². The third kappa shape index (κ3) is 4.23. The maximum atomic E-state index is 5.58. The van der Waals surface area contributed by atoms with Gasteiger partial charge in [0.25, 0.3) is 0 Å². The smallest absolute Gasteiger partial charge is 0.123 e. The normalized spacial score (nSPS) is 20.6. The second-order valence-electron chi connectivity index (χ2n) is 7.90. The molecule has 2 unspecified atom stereocenters. The highest BCUT2D eigenvalue weighted by Crippen LogP contribution is 2.29. The Morgan fingerprint density at radius 1 is 1.12 bits per heavy atom. The molecular weight excluding hydrogens is 308 g/mol. The van der Waals surface area contributed by atoms with Gasteiger partial charge in [0.05, 0.1) is 7.11 Å². The van der Waals surface area contributed by atoms with Crippen molar-refractivity contribution < 1.29 is 4.74 Å². The first-order chi connectivity index (χ1) is 12.0. The average Bonchev–Trinajstić information content (AvgIpc) is 3.08. The maximum Gasteiger partial charge on any atom is 0.123 e. The predicted octanol–water partition coefficient (Wildman–Crippen LogP) is 4.19. The monoisotopic (exact) mass is 338 g/mol. The molecule has 3 rings (SSSR count). The highest BCUT2D eigenvalue weighted by molar-refractivity contribution is 5.39. The molecule has 134 valence electrons. The summed E-state index contributed by atoms with van der Waals surface area (Å²) in [5.74, 6) is 0.961. The molecule has 1 aliphatic heterocycles. The Labute approximate surface area is 151 Å². The van der Waals surface area contributed by atoms with Gasteiger partial charge in [0.15, 0.2) is 0 Å². The van der Waals surface area contributed by atoms with Gasteiger partial charge in [-0.05, 0) is 35.6 Å². The number of methoxy groups -OCH3 is 1. The highest BCUT2D eigenvalue weighted by Gasteiger charge is 2.27. The molecule has 0 bridgehead atoms. The summed E-state index contributed by atoms with van der Waals surface area (Å²) in [4.78, 5) is 0. The van der Waals surface area contributed by atoms with Crippen LogP contribution in [0.3, 0.4) is 0 Å². The number of nitrogens with one attached hydrogen (secondary N) is 2. The second-order valence-corrected chi connectivity index (χ2v) is 7.90. The number of hydrogen-bond donors (Lipinski definition) is 2. The molecule has 2 N–H and O–H groups in total. The zero-order valence-electron chi connectivity index (χ0n) is 15.8. The van der Waals surface area contributed by atoms with Crippen molar-refractivity contribution in [3.8, 4) is 5.75 Å². The summed E-state index contributed by atoms with van der Waals surface area (Å²) in [5.41, 5.74) is 4.07. The Hall–Kier alpha value is -1.84. The Morgan fingerprint density at radius 2 is 1.88 bits per heavy atom. The number of ether oxygens (including phenoxy) is 1. The van der Waals surface area contributed by atoms with Crippen molar-refractivity contribution in [2.75, 3.05) is 13.7 Å². The number of benzene rings is 2. The van der Waals surface area contributed by atoms with Crippen LogP contribution in [0.1, 0.15) is 49.9 Å². The van der Waals surface area contributed by atoms with Gasteiger partial charge in [-0.25, -0.2) is 0 Å². The molecule has 1 fully saturated rings. The van der Waals surface area contributed by atoms with Gasteiger partial charge in [-0.2, -0.15) is 0 Å². The number of rotatable bonds is 5. The van der Waals surface area contributed by atoms with E-state index in [2.05, 4.69) is 79.9 Å². The van der Waals surface area contributed by atoms with E-state index < -0.39 is 0 Å². The molecule has 2 aromatic rings. The summed E-state index contributed by atoms with van der Waals surface area (Å²) in [5, 5.41) is 7.39. The molecule has 2 aromatic carbocycles. The van der Waals surface area contributed by atoms with Crippen molar-refractivity contribution in [3.63, 3.8) is 0 Å². The summed E-state index contributed by atoms with van der Waals surface area (Å²) in [6, 6.07) is 18.1. The third-order valence-electron chi connectivity index (χ3n) is 5.08. The van der Waals surface area contributed by atoms with E-state index in [9.17, 15) is 0 Å². The molecule has 3 nitrogen and oxygen atoms in total. The molecule has 1 aliphatic rings. The Kier molecular flexibility index (Phi) is 5.45. The molecule has 3 heteroatoms. The molecule has 0 amide bonds. The fraction of sp³-hybridized carbons (Fsp3) is 0.455. The van der Waals surface area contributed by atoms with Crippen LogP contribution in [0.25, 0.3) is 0 Å². The average molecular weight is 338 g/mol. The van der Waals surface area contributed by atoms with E-state index in [4.69, 9.17) is 4.74 Å². The van der Waals surface area contributed by atoms with E-state index in [0.29, 0.717) is 12.1 Å². The van der Waals surface area contributed by atoms with Gasteiger partial charge in [0.2, 0.25) is 0 Å². The van der Waals surface area contributed by atoms with Crippen molar-refractivity contribution in [2.45, 2.75) is 51.2 Å². The van der Waals surface area contributed by atoms with Crippen LogP contribution in [-0.4, -0.2) is 19.7 Å². The minimum absolute atomic E-state index is 0.141. The quantitative estimate of drug-likeness (QED) is 0.858. The van der Waals surface area contributed by atoms with Crippen molar-refractivity contribution in [1.82, 2.24) is 10.6 Å². The van der Waals surface area contributed by atoms with E-state index >= 15 is 0 Å². The summed E-state index contributed by atoms with van der Waals surface area (Å²) >= 11 is 0. The van der Waals surface area contributed by atoms with E-state index in [1.54, 1.807) is 7.11 Å². The SMILES string of the molecule is COc1ccc(C(C)(C)C)cc1CNC1CCNC1c1ccccc1. The predicted molar refractivity (Wildman–Crippen MR) is 104 cm³/mol. The van der Waals surface area contributed by atoms with Crippen LogP contribution in [0.15, 0.2) is 48.5 Å². The van der Waals surface area contributed by atoms with Crippen molar-refractivity contribution in [3.05, 3.63) is 65.2 Å². The number of hydrogen-bond acceptors (Lipinski definition) is 3. The van der Waals surface area contributed by atoms with E-state index in [1.165, 1.54) is 16.7 Å². The topological polar surface area (TPSA) is 33.3 Å². The molecule has 0 spiro atoms. The van der Waals surface area contributed by atoms with Crippen LogP contribution in [0, 0.1) is 0 Å². The fourth-order valence-electron chi connectivity index (χ4n) is 3.56. The molecule has 1 saturated heterocycles. The molecule has 0 saturated carbocycles. The first-order valence-electron chi connectivity index (χ1n) is 9.18. The van der Waals surface area contributed by atoms with Gasteiger partial charge >= 0.3 is 0 Å². The van der Waals surface area contributed by atoms with Crippen molar-refractivity contribution in [2.24, 2.45) is 0 Å². The lowest BCUT2D eigenvalue weighted by Crippen LogP contribution is -2.34. The van der Waals surface area contributed by atoms with Gasteiger partial charge in [-0.15, -0.1) is 0 Å². The van der Waals surface area contributed by atoms with Gasteiger partial charge in [0.1, 0.15) is 5.75 Å². The van der Waals surface area contributed by atoms with Gasteiger partial charge < -0.3 is 15.4 Å². The van der Waals surface area contributed by atoms with Gasteiger partial charge in [-0.1, -0.05) is 63.2 Å². The summed E-state index contributed by atoms with van der Waals surface area (Å²) in [7, 11) is 1.75. The molecule has 0 aromatic heterocycles. The van der Waals surface area contributed by atoms with Gasteiger partial charge in [0, 0.05) is 24.2 Å². The van der Waals surface area contributed by atoms with E-state index in [-0.39, 0.29) is 5.41 Å². The second kappa shape index (κ2) is 7.59. The minimum Gasteiger partial charge on any atom is -0.496 e. The largest absolute Gasteiger partial charge is 0.496 e. The molecular formula is C22H30N2O. The molecule has 1 heterocycles. The van der Waals surface area contributed by atoms with E-state index in [1.807, 2.05) is 0 Å². The Morgan fingerprint density at radius 3 is 2.56 bits per heavy atom. The van der Waals surface area contributed by atoms with E-state index in [0.717, 1.165) is 25.3 Å². The van der Waals surface area contributed by atoms with Crippen LogP contribution in [-0.2, 0) is 12.0 Å². The molecule has 2 atom stereocenters. The van der Waals surface area contributed by atoms with Crippen molar-refractivity contribution in [1.29, 1.82) is 0 Å². The summed E-state index contributed by atoms with van der Waals surface area (Å²) in [6.45, 7) is 8.62. The highest BCUT2D eigenvalue weighted by atomic mass is 16.5. The lowest BCUT2D eigenvalue weighted by Gasteiger charge is -2.24. The molecule has 25 heavy (non-hydrogen) atoms. The Bertz CT molecular complexity index is 691. The third-order valence-corrected chi connectivity index (χ3v) is 5.08. The lowest BCUT2D eigenvalue weighted by molar-refractivity contribution is 0.400. The van der Waals surface area contributed by atoms with Crippen LogP contribution < -0.4 is 15.4 Å². The first-order valence-corrected chi connectivity index (χ1v) is 9.18. The van der Waals surface area contributed by atoms with Crippen LogP contribution >= 0.6 is 0 Å². The maximum absolute atomic E-state index is 5.58. The minimum atomic E-state index is 0.141.